The highest BCUT2D eigenvalue weighted by Crippen LogP contribution is 2.18. The molecule has 0 unspecified atom stereocenters. The number of rotatable bonds is 1. The molecule has 1 heterocycles. The van der Waals surface area contributed by atoms with E-state index in [4.69, 9.17) is 4.55 Å². The van der Waals surface area contributed by atoms with Crippen LogP contribution in [0.3, 0.4) is 0 Å². The molecule has 0 saturated carbocycles. The van der Waals surface area contributed by atoms with Gasteiger partial charge >= 0.3 is 0 Å². The zero-order chi connectivity index (χ0) is 10.9. The Morgan fingerprint density at radius 1 is 1.13 bits per heavy atom. The molecular formula is C10H13NO3S. The summed E-state index contributed by atoms with van der Waals surface area (Å²) in [5, 5.41) is 3.24. The van der Waals surface area contributed by atoms with Gasteiger partial charge in [-0.1, -0.05) is 6.07 Å². The third-order valence-electron chi connectivity index (χ3n) is 2.62. The smallest absolute Gasteiger partial charge is 0.294 e. The van der Waals surface area contributed by atoms with Gasteiger partial charge in [0.1, 0.15) is 0 Å². The molecule has 0 amide bonds. The molecule has 0 spiro atoms. The maximum Gasteiger partial charge on any atom is 0.294 e. The number of nitrogens with one attached hydrogen (secondary N) is 1. The van der Waals surface area contributed by atoms with Crippen molar-refractivity contribution in [2.24, 2.45) is 0 Å². The number of hydrogen-bond acceptors (Lipinski definition) is 3. The van der Waals surface area contributed by atoms with Crippen molar-refractivity contribution in [3.05, 3.63) is 29.3 Å². The second kappa shape index (κ2) is 3.92. The second-order valence-corrected chi connectivity index (χ2v) is 5.08. The molecule has 2 rings (SSSR count). The van der Waals surface area contributed by atoms with Crippen LogP contribution in [0.1, 0.15) is 11.1 Å². The van der Waals surface area contributed by atoms with Gasteiger partial charge in [0, 0.05) is 0 Å². The lowest BCUT2D eigenvalue weighted by atomic mass is 10.0. The van der Waals surface area contributed by atoms with Crippen LogP contribution in [0.15, 0.2) is 23.1 Å². The quantitative estimate of drug-likeness (QED) is 0.690. The Kier molecular flexibility index (Phi) is 2.77. The van der Waals surface area contributed by atoms with Gasteiger partial charge in [0.2, 0.25) is 0 Å². The molecule has 0 bridgehead atoms. The van der Waals surface area contributed by atoms with Crippen molar-refractivity contribution in [3.63, 3.8) is 0 Å². The van der Waals surface area contributed by atoms with Crippen LogP contribution in [0, 0.1) is 0 Å². The number of benzene rings is 1. The molecule has 0 radical (unpaired) electrons. The normalized spacial score (nSPS) is 16.9. The Morgan fingerprint density at radius 3 is 2.47 bits per heavy atom. The Morgan fingerprint density at radius 2 is 1.80 bits per heavy atom. The average molecular weight is 227 g/mol. The third kappa shape index (κ3) is 2.37. The first-order valence-electron chi connectivity index (χ1n) is 4.87. The van der Waals surface area contributed by atoms with E-state index in [2.05, 4.69) is 5.32 Å². The first-order valence-corrected chi connectivity index (χ1v) is 6.31. The van der Waals surface area contributed by atoms with E-state index in [1.807, 2.05) is 0 Å². The number of fused-ring (bicyclic) bond motifs is 1. The molecule has 15 heavy (non-hydrogen) atoms. The Labute approximate surface area is 89.1 Å². The molecule has 0 saturated heterocycles. The van der Waals surface area contributed by atoms with Crippen molar-refractivity contribution in [2.45, 2.75) is 17.7 Å². The topological polar surface area (TPSA) is 66.4 Å². The van der Waals surface area contributed by atoms with E-state index in [0.29, 0.717) is 0 Å². The first-order chi connectivity index (χ1) is 7.07. The molecule has 1 aliphatic rings. The Bertz CT molecular complexity index is 468. The molecule has 1 aliphatic heterocycles. The fourth-order valence-corrected chi connectivity index (χ4v) is 2.34. The molecule has 0 aromatic heterocycles. The van der Waals surface area contributed by atoms with E-state index in [-0.39, 0.29) is 4.90 Å². The monoisotopic (exact) mass is 227 g/mol. The minimum absolute atomic E-state index is 0.0110. The van der Waals surface area contributed by atoms with Gasteiger partial charge in [-0.3, -0.25) is 4.55 Å². The minimum atomic E-state index is -4.07. The molecule has 4 nitrogen and oxygen atoms in total. The van der Waals surface area contributed by atoms with E-state index in [1.54, 1.807) is 12.1 Å². The molecule has 0 atom stereocenters. The molecule has 1 aromatic rings. The predicted molar refractivity (Wildman–Crippen MR) is 56.5 cm³/mol. The van der Waals surface area contributed by atoms with Crippen LogP contribution in [-0.2, 0) is 23.0 Å². The van der Waals surface area contributed by atoms with Crippen LogP contribution >= 0.6 is 0 Å². The first kappa shape index (κ1) is 10.6. The lowest BCUT2D eigenvalue weighted by Gasteiger charge is -2.06. The van der Waals surface area contributed by atoms with Crippen LogP contribution in [0.25, 0.3) is 0 Å². The summed E-state index contributed by atoms with van der Waals surface area (Å²) in [5.41, 5.74) is 2.17. The molecule has 82 valence electrons. The van der Waals surface area contributed by atoms with Crippen LogP contribution in [0.2, 0.25) is 0 Å². The minimum Gasteiger partial charge on any atom is -0.316 e. The third-order valence-corrected chi connectivity index (χ3v) is 3.47. The van der Waals surface area contributed by atoms with Gasteiger partial charge in [0.15, 0.2) is 0 Å². The summed E-state index contributed by atoms with van der Waals surface area (Å²) in [6.07, 6.45) is 1.71. The van der Waals surface area contributed by atoms with Gasteiger partial charge in [-0.15, -0.1) is 0 Å². The van der Waals surface area contributed by atoms with Crippen LogP contribution in [-0.4, -0.2) is 26.1 Å². The zero-order valence-corrected chi connectivity index (χ0v) is 9.05. The summed E-state index contributed by atoms with van der Waals surface area (Å²) in [5.74, 6) is 0. The van der Waals surface area contributed by atoms with E-state index in [1.165, 1.54) is 6.07 Å². The Balaban J connectivity index is 2.45. The molecule has 1 aromatic carbocycles. The van der Waals surface area contributed by atoms with Crippen molar-refractivity contribution < 1.29 is 13.0 Å². The van der Waals surface area contributed by atoms with E-state index in [9.17, 15) is 8.42 Å². The van der Waals surface area contributed by atoms with Gasteiger partial charge in [0.05, 0.1) is 4.90 Å². The van der Waals surface area contributed by atoms with Gasteiger partial charge in [-0.2, -0.15) is 8.42 Å². The average Bonchev–Trinajstić information content (AvgIpc) is 2.39. The molecule has 0 aliphatic carbocycles. The second-order valence-electron chi connectivity index (χ2n) is 3.66. The molecule has 2 N–H and O–H groups in total. The lowest BCUT2D eigenvalue weighted by molar-refractivity contribution is 0.483. The number of hydrogen-bond donors (Lipinski definition) is 2. The van der Waals surface area contributed by atoms with Gasteiger partial charge < -0.3 is 5.32 Å². The molecule has 0 fully saturated rings. The SMILES string of the molecule is O=S(=O)(O)c1ccc2c(c1)CCNCC2. The van der Waals surface area contributed by atoms with Gasteiger partial charge in [-0.25, -0.2) is 0 Å². The van der Waals surface area contributed by atoms with E-state index < -0.39 is 10.1 Å². The van der Waals surface area contributed by atoms with Gasteiger partial charge in [-0.05, 0) is 49.2 Å². The standard InChI is InChI=1S/C10H13NO3S/c12-15(13,14)10-2-1-8-3-5-11-6-4-9(8)7-10/h1-2,7,11H,3-6H2,(H,12,13,14). The maximum atomic E-state index is 10.9. The van der Waals surface area contributed by atoms with Crippen LogP contribution < -0.4 is 5.32 Å². The van der Waals surface area contributed by atoms with Crippen molar-refractivity contribution in [3.8, 4) is 0 Å². The van der Waals surface area contributed by atoms with Crippen LogP contribution in [0.4, 0.5) is 0 Å². The zero-order valence-electron chi connectivity index (χ0n) is 8.23. The summed E-state index contributed by atoms with van der Waals surface area (Å²) in [7, 11) is -4.07. The Hall–Kier alpha value is -0.910. The largest absolute Gasteiger partial charge is 0.316 e. The van der Waals surface area contributed by atoms with Crippen LogP contribution in [0.5, 0.6) is 0 Å². The highest BCUT2D eigenvalue weighted by molar-refractivity contribution is 7.85. The summed E-state index contributed by atoms with van der Waals surface area (Å²) < 4.78 is 30.8. The summed E-state index contributed by atoms with van der Waals surface area (Å²) in [6, 6.07) is 4.81. The maximum absolute atomic E-state index is 10.9. The predicted octanol–water partition coefficient (Wildman–Crippen LogP) is 0.622. The highest BCUT2D eigenvalue weighted by atomic mass is 32.2. The molecule has 5 heteroatoms. The van der Waals surface area contributed by atoms with Crippen molar-refractivity contribution in [1.29, 1.82) is 0 Å². The fourth-order valence-electron chi connectivity index (χ4n) is 1.81. The van der Waals surface area contributed by atoms with Crippen molar-refractivity contribution >= 4 is 10.1 Å². The lowest BCUT2D eigenvalue weighted by Crippen LogP contribution is -2.16. The van der Waals surface area contributed by atoms with Crippen molar-refractivity contribution in [1.82, 2.24) is 5.32 Å². The van der Waals surface area contributed by atoms with Crippen molar-refractivity contribution in [2.75, 3.05) is 13.1 Å². The van der Waals surface area contributed by atoms with E-state index in [0.717, 1.165) is 37.1 Å². The fraction of sp³-hybridized carbons (Fsp3) is 0.400. The summed E-state index contributed by atoms with van der Waals surface area (Å²) in [6.45, 7) is 1.76. The molecular weight excluding hydrogens is 214 g/mol. The summed E-state index contributed by atoms with van der Waals surface area (Å²) >= 11 is 0. The van der Waals surface area contributed by atoms with Gasteiger partial charge in [0.25, 0.3) is 10.1 Å². The highest BCUT2D eigenvalue weighted by Gasteiger charge is 2.13. The van der Waals surface area contributed by atoms with E-state index >= 15 is 0 Å². The summed E-state index contributed by atoms with van der Waals surface area (Å²) in [4.78, 5) is -0.0110.